The van der Waals surface area contributed by atoms with E-state index in [2.05, 4.69) is 153 Å². The van der Waals surface area contributed by atoms with Crippen molar-refractivity contribution in [3.8, 4) is 0 Å². The van der Waals surface area contributed by atoms with Gasteiger partial charge in [0.1, 0.15) is 0 Å². The van der Waals surface area contributed by atoms with Gasteiger partial charge in [-0.2, -0.15) is 0 Å². The zero-order chi connectivity index (χ0) is 50.6. The first-order chi connectivity index (χ1) is 34.7. The number of carbonyl (C=O) groups excluding carboxylic acids is 1. The molecule has 4 nitrogen and oxygen atoms in total. The Balaban J connectivity index is 3.69. The number of allylic oxidation sites excluding steroid dienone is 23. The van der Waals surface area contributed by atoms with Gasteiger partial charge in [0.05, 0.1) is 18.8 Å². The number of aliphatic hydroxyl groups excluding tert-OH is 2. The summed E-state index contributed by atoms with van der Waals surface area (Å²) in [5.41, 5.74) is 0. The largest absolute Gasteiger partial charge is 0.394 e. The minimum Gasteiger partial charge on any atom is -0.394 e. The maximum Gasteiger partial charge on any atom is 0.220 e. The van der Waals surface area contributed by atoms with Gasteiger partial charge in [-0.05, 0) is 109 Å². The molecule has 2 unspecified atom stereocenters. The molecule has 3 N–H and O–H groups in total. The van der Waals surface area contributed by atoms with E-state index >= 15 is 0 Å². The predicted octanol–water partition coefficient (Wildman–Crippen LogP) is 19.6. The first kappa shape index (κ1) is 66.3. The van der Waals surface area contributed by atoms with Gasteiger partial charge in [0.25, 0.3) is 0 Å². The van der Waals surface area contributed by atoms with Crippen molar-refractivity contribution in [1.29, 1.82) is 0 Å². The van der Waals surface area contributed by atoms with Crippen LogP contribution >= 0.6 is 0 Å². The van der Waals surface area contributed by atoms with Gasteiger partial charge < -0.3 is 15.5 Å². The third-order valence-electron chi connectivity index (χ3n) is 12.3. The van der Waals surface area contributed by atoms with Crippen LogP contribution in [-0.2, 0) is 4.79 Å². The summed E-state index contributed by atoms with van der Waals surface area (Å²) in [7, 11) is 0. The summed E-state index contributed by atoms with van der Waals surface area (Å²) in [6, 6.07) is -0.659. The molecule has 0 fully saturated rings. The lowest BCUT2D eigenvalue weighted by Gasteiger charge is -2.19. The highest BCUT2D eigenvalue weighted by Gasteiger charge is 2.17. The second-order valence-corrected chi connectivity index (χ2v) is 19.0. The van der Waals surface area contributed by atoms with Gasteiger partial charge in [-0.1, -0.05) is 275 Å². The highest BCUT2D eigenvalue weighted by Crippen LogP contribution is 2.15. The Bertz CT molecular complexity index is 1470. The predicted molar refractivity (Wildman–Crippen MR) is 312 cm³/mol. The molecule has 0 aromatic carbocycles. The molecule has 0 rings (SSSR count). The maximum absolute atomic E-state index is 12.5. The second kappa shape index (κ2) is 59.6. The Morgan fingerprint density at radius 2 is 0.643 bits per heavy atom. The Kier molecular flexibility index (Phi) is 56.4. The molecule has 2 atom stereocenters. The molecule has 1 amide bonds. The van der Waals surface area contributed by atoms with E-state index in [0.29, 0.717) is 6.42 Å². The monoisotopic (exact) mass is 964 g/mol. The van der Waals surface area contributed by atoms with Crippen molar-refractivity contribution in [2.24, 2.45) is 0 Å². The van der Waals surface area contributed by atoms with E-state index in [-0.39, 0.29) is 12.5 Å². The number of hydrogen-bond donors (Lipinski definition) is 3. The summed E-state index contributed by atoms with van der Waals surface area (Å²) in [6.45, 7) is 4.18. The molecule has 0 aliphatic carbocycles. The van der Waals surface area contributed by atoms with Crippen molar-refractivity contribution >= 4 is 5.91 Å². The number of carbonyl (C=O) groups is 1. The molecule has 0 saturated carbocycles. The lowest BCUT2D eigenvalue weighted by Crippen LogP contribution is -2.45. The Morgan fingerprint density at radius 3 is 1.00 bits per heavy atom. The molecule has 0 radical (unpaired) electrons. The average molecular weight is 965 g/mol. The third-order valence-corrected chi connectivity index (χ3v) is 12.3. The normalized spacial score (nSPS) is 13.9. The van der Waals surface area contributed by atoms with Crippen molar-refractivity contribution in [2.45, 2.75) is 257 Å². The quantitative estimate of drug-likeness (QED) is 0.0420. The van der Waals surface area contributed by atoms with Gasteiger partial charge in [-0.15, -0.1) is 0 Å². The molecule has 0 spiro atoms. The number of amides is 1. The van der Waals surface area contributed by atoms with E-state index < -0.39 is 12.1 Å². The highest BCUT2D eigenvalue weighted by atomic mass is 16.3. The van der Waals surface area contributed by atoms with Crippen molar-refractivity contribution in [3.63, 3.8) is 0 Å². The summed E-state index contributed by atoms with van der Waals surface area (Å²) in [6.07, 6.45) is 94.3. The van der Waals surface area contributed by atoms with Crippen molar-refractivity contribution < 1.29 is 15.0 Å². The van der Waals surface area contributed by atoms with E-state index in [9.17, 15) is 15.0 Å². The number of hydrogen-bond acceptors (Lipinski definition) is 3. The fourth-order valence-corrected chi connectivity index (χ4v) is 7.93. The zero-order valence-corrected chi connectivity index (χ0v) is 45.5. The van der Waals surface area contributed by atoms with E-state index in [4.69, 9.17) is 0 Å². The minimum absolute atomic E-state index is 0.0935. The number of rotatable bonds is 51. The number of aliphatic hydroxyl groups is 2. The topological polar surface area (TPSA) is 69.6 Å². The van der Waals surface area contributed by atoms with Gasteiger partial charge in [0, 0.05) is 6.42 Å². The van der Waals surface area contributed by atoms with Gasteiger partial charge >= 0.3 is 0 Å². The fraction of sp³-hybridized carbons (Fsp3) is 0.621. The summed E-state index contributed by atoms with van der Waals surface area (Å²) >= 11 is 0. The number of nitrogens with one attached hydrogen (secondary N) is 1. The second-order valence-electron chi connectivity index (χ2n) is 19.0. The van der Waals surface area contributed by atoms with Crippen LogP contribution in [0.15, 0.2) is 146 Å². The maximum atomic E-state index is 12.5. The van der Waals surface area contributed by atoms with E-state index in [0.717, 1.165) is 109 Å². The van der Waals surface area contributed by atoms with Crippen molar-refractivity contribution in [3.05, 3.63) is 146 Å². The van der Waals surface area contributed by atoms with Gasteiger partial charge in [0.15, 0.2) is 0 Å². The van der Waals surface area contributed by atoms with Crippen LogP contribution in [0.4, 0.5) is 0 Å². The molecule has 0 aliphatic heterocycles. The Morgan fingerprint density at radius 1 is 0.357 bits per heavy atom. The van der Waals surface area contributed by atoms with Crippen molar-refractivity contribution in [2.75, 3.05) is 6.61 Å². The molecular formula is C66H109NO3. The molecule has 0 heterocycles. The van der Waals surface area contributed by atoms with Crippen LogP contribution in [0.1, 0.15) is 245 Å². The Labute approximate surface area is 433 Å². The molecule has 4 heteroatoms. The lowest BCUT2D eigenvalue weighted by atomic mass is 10.0. The fourth-order valence-electron chi connectivity index (χ4n) is 7.93. The summed E-state index contributed by atoms with van der Waals surface area (Å²) in [5, 5.41) is 23.1. The van der Waals surface area contributed by atoms with E-state index in [1.54, 1.807) is 6.08 Å². The van der Waals surface area contributed by atoms with Gasteiger partial charge in [-0.3, -0.25) is 4.79 Å². The summed E-state index contributed by atoms with van der Waals surface area (Å²) in [4.78, 5) is 12.5. The van der Waals surface area contributed by atoms with Crippen LogP contribution in [0.5, 0.6) is 0 Å². The van der Waals surface area contributed by atoms with Crippen LogP contribution in [-0.4, -0.2) is 34.9 Å². The summed E-state index contributed by atoms with van der Waals surface area (Å²) < 4.78 is 0. The molecule has 396 valence electrons. The number of unbranched alkanes of at least 4 members (excludes halogenated alkanes) is 22. The molecular weight excluding hydrogens is 855 g/mol. The van der Waals surface area contributed by atoms with Crippen LogP contribution in [0, 0.1) is 0 Å². The molecule has 0 saturated heterocycles. The van der Waals surface area contributed by atoms with Crippen LogP contribution in [0.3, 0.4) is 0 Å². The minimum atomic E-state index is -0.880. The average Bonchev–Trinajstić information content (AvgIpc) is 3.36. The SMILES string of the molecule is CC/C=C\C/C=C\C/C=C\C/C=C\C/C=C\C/C=C\C/C=C\C/C=C\C/C=C\C/C=C\CCCCCCCCC(=O)NC(CO)C(O)/C=C/CC/C=C/CCCCCCCCCCCCCCCCC. The van der Waals surface area contributed by atoms with E-state index in [1.165, 1.54) is 116 Å². The van der Waals surface area contributed by atoms with Gasteiger partial charge in [0.2, 0.25) is 5.91 Å². The summed E-state index contributed by atoms with van der Waals surface area (Å²) in [5.74, 6) is -0.0935. The molecule has 0 aliphatic rings. The van der Waals surface area contributed by atoms with Crippen molar-refractivity contribution in [1.82, 2.24) is 5.32 Å². The smallest absolute Gasteiger partial charge is 0.220 e. The zero-order valence-electron chi connectivity index (χ0n) is 45.5. The standard InChI is InChI=1S/C66H109NO3/c1-3-5-7-9-11-13-15-17-19-21-23-25-26-27-28-29-30-31-32-33-34-35-36-37-38-39-40-42-44-46-48-50-52-54-56-58-60-62-66(70)67-64(63-68)65(69)61-59-57-55-53-51-49-47-45-43-41-24-22-20-18-16-14-12-10-8-6-4-2/h5,7,11,13,17,19,23,25,27-28,30-31,33-34,36-37,39-40,44,46,51,53,59,61,64-65,68-69H,3-4,6,8-10,12,14-16,18,20-22,24,26,29,32,35,38,41-43,45,47-50,52,54-58,60,62-63H2,1-2H3,(H,67,70)/b7-5-,13-11-,19-17-,25-23-,28-27-,31-30-,34-33-,37-36-,40-39-,46-44-,53-51+,61-59+. The Hall–Kier alpha value is -3.73. The highest BCUT2D eigenvalue weighted by molar-refractivity contribution is 5.76. The van der Waals surface area contributed by atoms with Crippen LogP contribution in [0.2, 0.25) is 0 Å². The molecule has 0 bridgehead atoms. The molecule has 0 aromatic rings. The molecule has 70 heavy (non-hydrogen) atoms. The van der Waals surface area contributed by atoms with Crippen LogP contribution < -0.4 is 5.32 Å². The first-order valence-corrected chi connectivity index (χ1v) is 29.0. The van der Waals surface area contributed by atoms with Crippen LogP contribution in [0.25, 0.3) is 0 Å². The third kappa shape index (κ3) is 55.2. The first-order valence-electron chi connectivity index (χ1n) is 29.0. The molecule has 0 aromatic heterocycles. The van der Waals surface area contributed by atoms with Gasteiger partial charge in [-0.25, -0.2) is 0 Å². The lowest BCUT2D eigenvalue weighted by molar-refractivity contribution is -0.123. The van der Waals surface area contributed by atoms with E-state index in [1.807, 2.05) is 6.08 Å².